The van der Waals surface area contributed by atoms with Crippen LogP contribution in [-0.2, 0) is 6.54 Å². The van der Waals surface area contributed by atoms with Crippen LogP contribution in [0.1, 0.15) is 23.4 Å². The molecule has 102 valence electrons. The zero-order valence-corrected chi connectivity index (χ0v) is 13.3. The number of anilines is 1. The molecule has 0 aliphatic heterocycles. The van der Waals surface area contributed by atoms with Crippen molar-refractivity contribution in [1.82, 2.24) is 0 Å². The van der Waals surface area contributed by atoms with Gasteiger partial charge >= 0.3 is 0 Å². The number of halogens is 2. The first-order valence-corrected chi connectivity index (χ1v) is 7.64. The van der Waals surface area contributed by atoms with Crippen LogP contribution in [0.4, 0.5) is 10.1 Å². The van der Waals surface area contributed by atoms with Crippen molar-refractivity contribution >= 4 is 33.0 Å². The summed E-state index contributed by atoms with van der Waals surface area (Å²) in [4.78, 5) is 3.08. The summed E-state index contributed by atoms with van der Waals surface area (Å²) in [6, 6.07) is 6.91. The first-order chi connectivity index (χ1) is 8.99. The van der Waals surface area contributed by atoms with Crippen molar-refractivity contribution in [1.29, 1.82) is 0 Å². The second-order valence-electron chi connectivity index (χ2n) is 4.55. The molecule has 0 fully saturated rings. The molecule has 1 aromatic heterocycles. The molecule has 0 radical (unpaired) electrons. The molecule has 0 saturated carbocycles. The minimum Gasteiger partial charge on any atom is -0.367 e. The molecule has 19 heavy (non-hydrogen) atoms. The summed E-state index contributed by atoms with van der Waals surface area (Å²) < 4.78 is 15.1. The van der Waals surface area contributed by atoms with E-state index in [4.69, 9.17) is 5.73 Å². The van der Waals surface area contributed by atoms with E-state index in [-0.39, 0.29) is 11.9 Å². The Morgan fingerprint density at radius 1 is 1.47 bits per heavy atom. The van der Waals surface area contributed by atoms with E-state index in [0.29, 0.717) is 12.2 Å². The lowest BCUT2D eigenvalue weighted by Gasteiger charge is -2.24. The second kappa shape index (κ2) is 6.03. The van der Waals surface area contributed by atoms with Gasteiger partial charge in [0.1, 0.15) is 5.82 Å². The zero-order valence-electron chi connectivity index (χ0n) is 10.9. The largest absolute Gasteiger partial charge is 0.367 e. The maximum Gasteiger partial charge on any atom is 0.146 e. The molecule has 1 atom stereocenters. The highest BCUT2D eigenvalue weighted by Crippen LogP contribution is 2.30. The quantitative estimate of drug-likeness (QED) is 0.897. The SMILES string of the molecule is C[C@@H](N)c1cccc(F)c1N(C)Cc1cc(Br)cs1. The fourth-order valence-corrected chi connectivity index (χ4v) is 3.56. The summed E-state index contributed by atoms with van der Waals surface area (Å²) >= 11 is 5.08. The van der Waals surface area contributed by atoms with E-state index in [0.717, 1.165) is 10.0 Å². The van der Waals surface area contributed by atoms with Gasteiger partial charge in [-0.3, -0.25) is 0 Å². The Balaban J connectivity index is 2.30. The normalized spacial score (nSPS) is 12.5. The predicted octanol–water partition coefficient (Wildman–Crippen LogP) is 4.31. The predicted molar refractivity (Wildman–Crippen MR) is 83.1 cm³/mol. The molecule has 0 aliphatic carbocycles. The molecule has 0 amide bonds. The minimum atomic E-state index is -0.229. The highest BCUT2D eigenvalue weighted by atomic mass is 79.9. The lowest BCUT2D eigenvalue weighted by atomic mass is 10.1. The summed E-state index contributed by atoms with van der Waals surface area (Å²) in [7, 11) is 1.89. The number of hydrogen-bond acceptors (Lipinski definition) is 3. The first-order valence-electron chi connectivity index (χ1n) is 5.97. The molecule has 0 aliphatic rings. The topological polar surface area (TPSA) is 29.3 Å². The van der Waals surface area contributed by atoms with Crippen molar-refractivity contribution in [3.8, 4) is 0 Å². The third-order valence-corrected chi connectivity index (χ3v) is 4.59. The molecule has 1 aromatic carbocycles. The average Bonchev–Trinajstić information content (AvgIpc) is 2.74. The minimum absolute atomic E-state index is 0.191. The van der Waals surface area contributed by atoms with Gasteiger partial charge in [0.15, 0.2) is 0 Å². The van der Waals surface area contributed by atoms with E-state index in [9.17, 15) is 4.39 Å². The van der Waals surface area contributed by atoms with Gasteiger partial charge in [0.2, 0.25) is 0 Å². The average molecular weight is 343 g/mol. The molecule has 1 heterocycles. The highest BCUT2D eigenvalue weighted by molar-refractivity contribution is 9.10. The van der Waals surface area contributed by atoms with Crippen molar-refractivity contribution in [2.75, 3.05) is 11.9 Å². The molecule has 0 unspecified atom stereocenters. The van der Waals surface area contributed by atoms with E-state index in [1.165, 1.54) is 10.9 Å². The molecule has 0 spiro atoms. The molecule has 0 saturated heterocycles. The standard InChI is InChI=1S/C14H16BrFN2S/c1-9(17)12-4-3-5-13(16)14(12)18(2)7-11-6-10(15)8-19-11/h3-6,8-9H,7,17H2,1-2H3/t9-/m1/s1. The third kappa shape index (κ3) is 3.35. The number of nitrogens with zero attached hydrogens (tertiary/aromatic N) is 1. The van der Waals surface area contributed by atoms with E-state index >= 15 is 0 Å². The van der Waals surface area contributed by atoms with Crippen LogP contribution < -0.4 is 10.6 Å². The van der Waals surface area contributed by atoms with E-state index < -0.39 is 0 Å². The lowest BCUT2D eigenvalue weighted by molar-refractivity contribution is 0.616. The fraction of sp³-hybridized carbons (Fsp3) is 0.286. The molecule has 2 N–H and O–H groups in total. The Kier molecular flexibility index (Phi) is 4.60. The van der Waals surface area contributed by atoms with Crippen molar-refractivity contribution in [2.24, 2.45) is 5.73 Å². The lowest BCUT2D eigenvalue weighted by Crippen LogP contribution is -2.21. The van der Waals surface area contributed by atoms with Crippen LogP contribution in [0.2, 0.25) is 0 Å². The molecule has 2 rings (SSSR count). The summed E-state index contributed by atoms with van der Waals surface area (Å²) in [5.41, 5.74) is 7.34. The van der Waals surface area contributed by atoms with Crippen molar-refractivity contribution in [3.63, 3.8) is 0 Å². The number of nitrogens with two attached hydrogens (primary N) is 1. The summed E-state index contributed by atoms with van der Waals surface area (Å²) in [6.07, 6.45) is 0. The molecular formula is C14H16BrFN2S. The monoisotopic (exact) mass is 342 g/mol. The fourth-order valence-electron chi connectivity index (χ4n) is 2.05. The van der Waals surface area contributed by atoms with Crippen LogP contribution in [0.5, 0.6) is 0 Å². The third-order valence-electron chi connectivity index (χ3n) is 2.91. The highest BCUT2D eigenvalue weighted by Gasteiger charge is 2.16. The van der Waals surface area contributed by atoms with Crippen molar-refractivity contribution in [3.05, 3.63) is 50.4 Å². The number of thiophene rings is 1. The van der Waals surface area contributed by atoms with Crippen LogP contribution >= 0.6 is 27.3 Å². The number of hydrogen-bond donors (Lipinski definition) is 1. The second-order valence-corrected chi connectivity index (χ2v) is 6.47. The van der Waals surface area contributed by atoms with Gasteiger partial charge in [-0.2, -0.15) is 0 Å². The number of para-hydroxylation sites is 1. The Morgan fingerprint density at radius 3 is 2.79 bits per heavy atom. The van der Waals surface area contributed by atoms with Gasteiger partial charge in [0.05, 0.1) is 12.2 Å². The summed E-state index contributed by atoms with van der Waals surface area (Å²) in [5.74, 6) is -0.229. The van der Waals surface area contributed by atoms with Gasteiger partial charge in [-0.25, -0.2) is 4.39 Å². The van der Waals surface area contributed by atoms with E-state index in [1.807, 2.05) is 36.4 Å². The van der Waals surface area contributed by atoms with Gasteiger partial charge < -0.3 is 10.6 Å². The molecule has 2 nitrogen and oxygen atoms in total. The Bertz CT molecular complexity index is 568. The van der Waals surface area contributed by atoms with Crippen LogP contribution in [0.3, 0.4) is 0 Å². The number of rotatable bonds is 4. The van der Waals surface area contributed by atoms with Gasteiger partial charge in [0.25, 0.3) is 0 Å². The van der Waals surface area contributed by atoms with Crippen LogP contribution in [-0.4, -0.2) is 7.05 Å². The summed E-state index contributed by atoms with van der Waals surface area (Å²) in [5, 5.41) is 2.02. The summed E-state index contributed by atoms with van der Waals surface area (Å²) in [6.45, 7) is 2.53. The maximum atomic E-state index is 14.1. The molecule has 5 heteroatoms. The maximum absolute atomic E-state index is 14.1. The molecule has 0 bridgehead atoms. The Labute approximate surface area is 125 Å². The van der Waals surface area contributed by atoms with Crippen LogP contribution in [0, 0.1) is 5.82 Å². The Morgan fingerprint density at radius 2 is 2.21 bits per heavy atom. The molecular weight excluding hydrogens is 327 g/mol. The van der Waals surface area contributed by atoms with Gasteiger partial charge in [-0.1, -0.05) is 12.1 Å². The van der Waals surface area contributed by atoms with E-state index in [2.05, 4.69) is 15.9 Å². The Hall–Kier alpha value is -0.910. The van der Waals surface area contributed by atoms with Crippen molar-refractivity contribution < 1.29 is 4.39 Å². The molecule has 2 aromatic rings. The zero-order chi connectivity index (χ0) is 14.0. The van der Waals surface area contributed by atoms with Crippen molar-refractivity contribution in [2.45, 2.75) is 19.5 Å². The first kappa shape index (κ1) is 14.5. The van der Waals surface area contributed by atoms with Crippen LogP contribution in [0.15, 0.2) is 34.1 Å². The van der Waals surface area contributed by atoms with Gasteiger partial charge in [-0.15, -0.1) is 11.3 Å². The van der Waals surface area contributed by atoms with E-state index in [1.54, 1.807) is 17.4 Å². The van der Waals surface area contributed by atoms with Gasteiger partial charge in [0, 0.05) is 27.8 Å². The van der Waals surface area contributed by atoms with Gasteiger partial charge in [-0.05, 0) is 40.5 Å². The number of benzene rings is 1. The van der Waals surface area contributed by atoms with Crippen LogP contribution in [0.25, 0.3) is 0 Å². The smallest absolute Gasteiger partial charge is 0.146 e.